The molecule has 2 aromatic carbocycles. The molecule has 0 saturated heterocycles. The normalized spacial score (nSPS) is 10.8. The van der Waals surface area contributed by atoms with Gasteiger partial charge in [-0.15, -0.1) is 0 Å². The molecule has 0 aliphatic carbocycles. The average Bonchev–Trinajstić information content (AvgIpc) is 2.90. The molecule has 0 radical (unpaired) electrons. The lowest BCUT2D eigenvalue weighted by Gasteiger charge is -2.17. The van der Waals surface area contributed by atoms with Gasteiger partial charge in [-0.1, -0.05) is 41.9 Å². The lowest BCUT2D eigenvalue weighted by Crippen LogP contribution is -2.27. The molecule has 3 rings (SSSR count). The number of aromatic amines is 1. The van der Waals surface area contributed by atoms with Gasteiger partial charge in [-0.2, -0.15) is 0 Å². The van der Waals surface area contributed by atoms with E-state index in [4.69, 9.17) is 11.6 Å². The number of amides is 1. The smallest absolute Gasteiger partial charge is 0.227 e. The molecule has 22 heavy (non-hydrogen) atoms. The van der Waals surface area contributed by atoms with Crippen LogP contribution in [0.15, 0.2) is 54.7 Å². The minimum absolute atomic E-state index is 0.0877. The Balaban J connectivity index is 1.74. The largest absolute Gasteiger partial charge is 0.361 e. The highest BCUT2D eigenvalue weighted by Crippen LogP contribution is 2.23. The second-order valence-corrected chi connectivity index (χ2v) is 5.85. The molecule has 1 N–H and O–H groups in total. The van der Waals surface area contributed by atoms with Crippen LogP contribution in [0.5, 0.6) is 0 Å². The van der Waals surface area contributed by atoms with Gasteiger partial charge in [0, 0.05) is 35.7 Å². The summed E-state index contributed by atoms with van der Waals surface area (Å²) in [5.41, 5.74) is 3.10. The van der Waals surface area contributed by atoms with Crippen LogP contribution in [-0.4, -0.2) is 22.8 Å². The van der Waals surface area contributed by atoms with E-state index in [-0.39, 0.29) is 5.91 Å². The highest BCUT2D eigenvalue weighted by Gasteiger charge is 2.13. The fourth-order valence-corrected chi connectivity index (χ4v) is 2.71. The lowest BCUT2D eigenvalue weighted by atomic mass is 10.1. The van der Waals surface area contributed by atoms with Gasteiger partial charge >= 0.3 is 0 Å². The SMILES string of the molecule is CN(Cc1ccccc1)C(=O)Cc1c[nH]c2ccc(Cl)cc12. The number of fused-ring (bicyclic) bond motifs is 1. The number of aromatic nitrogens is 1. The summed E-state index contributed by atoms with van der Waals surface area (Å²) in [5.74, 6) is 0.0877. The van der Waals surface area contributed by atoms with Crippen molar-refractivity contribution in [1.82, 2.24) is 9.88 Å². The van der Waals surface area contributed by atoms with Gasteiger partial charge in [0.25, 0.3) is 0 Å². The summed E-state index contributed by atoms with van der Waals surface area (Å²) in [6.07, 6.45) is 2.25. The third-order valence-electron chi connectivity index (χ3n) is 3.76. The van der Waals surface area contributed by atoms with Crippen LogP contribution in [0.2, 0.25) is 5.02 Å². The van der Waals surface area contributed by atoms with Crippen molar-refractivity contribution < 1.29 is 4.79 Å². The summed E-state index contributed by atoms with van der Waals surface area (Å²) >= 11 is 6.04. The third-order valence-corrected chi connectivity index (χ3v) is 3.99. The minimum atomic E-state index is 0.0877. The summed E-state index contributed by atoms with van der Waals surface area (Å²) in [7, 11) is 1.83. The number of hydrogen-bond acceptors (Lipinski definition) is 1. The second kappa shape index (κ2) is 6.24. The van der Waals surface area contributed by atoms with Crippen LogP contribution >= 0.6 is 11.6 Å². The highest BCUT2D eigenvalue weighted by molar-refractivity contribution is 6.31. The van der Waals surface area contributed by atoms with Gasteiger partial charge < -0.3 is 9.88 Å². The van der Waals surface area contributed by atoms with Crippen molar-refractivity contribution in [2.75, 3.05) is 7.05 Å². The van der Waals surface area contributed by atoms with Gasteiger partial charge in [-0.25, -0.2) is 0 Å². The van der Waals surface area contributed by atoms with Crippen LogP contribution in [-0.2, 0) is 17.8 Å². The maximum Gasteiger partial charge on any atom is 0.227 e. The molecule has 0 spiro atoms. The molecule has 4 heteroatoms. The quantitative estimate of drug-likeness (QED) is 0.776. The molecule has 0 saturated carbocycles. The number of carbonyl (C=O) groups is 1. The first-order valence-electron chi connectivity index (χ1n) is 7.17. The molecule has 0 aliphatic heterocycles. The first-order chi connectivity index (χ1) is 10.6. The van der Waals surface area contributed by atoms with Gasteiger partial charge in [-0.05, 0) is 29.3 Å². The molecule has 0 unspecified atom stereocenters. The zero-order chi connectivity index (χ0) is 15.5. The molecule has 3 aromatic rings. The number of likely N-dealkylation sites (N-methyl/N-ethyl adjacent to an activating group) is 1. The molecule has 1 heterocycles. The topological polar surface area (TPSA) is 36.1 Å². The lowest BCUT2D eigenvalue weighted by molar-refractivity contribution is -0.129. The van der Waals surface area contributed by atoms with E-state index in [1.807, 2.05) is 61.8 Å². The molecule has 0 bridgehead atoms. The monoisotopic (exact) mass is 312 g/mol. The van der Waals surface area contributed by atoms with Crippen molar-refractivity contribution in [3.8, 4) is 0 Å². The van der Waals surface area contributed by atoms with Gasteiger partial charge in [0.15, 0.2) is 0 Å². The van der Waals surface area contributed by atoms with E-state index in [1.165, 1.54) is 0 Å². The van der Waals surface area contributed by atoms with Gasteiger partial charge in [-0.3, -0.25) is 4.79 Å². The van der Waals surface area contributed by atoms with Crippen molar-refractivity contribution in [3.05, 3.63) is 70.9 Å². The Labute approximate surface area is 134 Å². The average molecular weight is 313 g/mol. The van der Waals surface area contributed by atoms with Gasteiger partial charge in [0.05, 0.1) is 6.42 Å². The van der Waals surface area contributed by atoms with Gasteiger partial charge in [0.2, 0.25) is 5.91 Å². The van der Waals surface area contributed by atoms with Crippen LogP contribution in [0, 0.1) is 0 Å². The summed E-state index contributed by atoms with van der Waals surface area (Å²) in [5, 5.41) is 1.69. The van der Waals surface area contributed by atoms with E-state index in [2.05, 4.69) is 4.98 Å². The van der Waals surface area contributed by atoms with Crippen molar-refractivity contribution in [3.63, 3.8) is 0 Å². The van der Waals surface area contributed by atoms with Crippen LogP contribution in [0.4, 0.5) is 0 Å². The van der Waals surface area contributed by atoms with Crippen LogP contribution in [0.1, 0.15) is 11.1 Å². The Bertz CT molecular complexity index is 795. The van der Waals surface area contributed by atoms with E-state index >= 15 is 0 Å². The Hall–Kier alpha value is -2.26. The number of nitrogens with zero attached hydrogens (tertiary/aromatic N) is 1. The van der Waals surface area contributed by atoms with Crippen molar-refractivity contribution in [2.45, 2.75) is 13.0 Å². The van der Waals surface area contributed by atoms with Crippen molar-refractivity contribution >= 4 is 28.4 Å². The van der Waals surface area contributed by atoms with Crippen LogP contribution in [0.25, 0.3) is 10.9 Å². The molecule has 3 nitrogen and oxygen atoms in total. The fraction of sp³-hybridized carbons (Fsp3) is 0.167. The van der Waals surface area contributed by atoms with Gasteiger partial charge in [0.1, 0.15) is 0 Å². The second-order valence-electron chi connectivity index (χ2n) is 5.42. The maximum atomic E-state index is 12.4. The molecule has 0 aliphatic rings. The van der Waals surface area contributed by atoms with Crippen LogP contribution in [0.3, 0.4) is 0 Å². The summed E-state index contributed by atoms with van der Waals surface area (Å²) in [6.45, 7) is 0.614. The number of H-pyrrole nitrogens is 1. The van der Waals surface area contributed by atoms with E-state index in [1.54, 1.807) is 4.90 Å². The molecular weight excluding hydrogens is 296 g/mol. The Kier molecular flexibility index (Phi) is 4.16. The number of carbonyl (C=O) groups excluding carboxylic acids is 1. The van der Waals surface area contributed by atoms with E-state index in [0.717, 1.165) is 22.0 Å². The Morgan fingerprint density at radius 1 is 1.18 bits per heavy atom. The molecule has 112 valence electrons. The summed E-state index contributed by atoms with van der Waals surface area (Å²) in [6, 6.07) is 15.6. The Morgan fingerprint density at radius 3 is 2.73 bits per heavy atom. The molecule has 0 atom stereocenters. The molecular formula is C18H17ClN2O. The minimum Gasteiger partial charge on any atom is -0.361 e. The number of benzene rings is 2. The summed E-state index contributed by atoms with van der Waals surface area (Å²) < 4.78 is 0. The molecule has 1 amide bonds. The zero-order valence-corrected chi connectivity index (χ0v) is 13.1. The summed E-state index contributed by atoms with van der Waals surface area (Å²) in [4.78, 5) is 17.4. The Morgan fingerprint density at radius 2 is 1.95 bits per heavy atom. The first-order valence-corrected chi connectivity index (χ1v) is 7.54. The first kappa shape index (κ1) is 14.7. The van der Waals surface area contributed by atoms with Crippen molar-refractivity contribution in [1.29, 1.82) is 0 Å². The third kappa shape index (κ3) is 3.15. The highest BCUT2D eigenvalue weighted by atomic mass is 35.5. The molecule has 0 fully saturated rings. The maximum absolute atomic E-state index is 12.4. The van der Waals surface area contributed by atoms with E-state index in [9.17, 15) is 4.79 Å². The fourth-order valence-electron chi connectivity index (χ4n) is 2.54. The predicted molar refractivity (Wildman–Crippen MR) is 89.9 cm³/mol. The van der Waals surface area contributed by atoms with E-state index in [0.29, 0.717) is 18.0 Å². The number of rotatable bonds is 4. The predicted octanol–water partition coefficient (Wildman–Crippen LogP) is 4.02. The molecule has 1 aromatic heterocycles. The number of nitrogens with one attached hydrogen (secondary N) is 1. The van der Waals surface area contributed by atoms with Crippen LogP contribution < -0.4 is 0 Å². The number of halogens is 1. The standard InChI is InChI=1S/C18H17ClN2O/c1-21(12-13-5-3-2-4-6-13)18(22)9-14-11-20-17-8-7-15(19)10-16(14)17/h2-8,10-11,20H,9,12H2,1H3. The van der Waals surface area contributed by atoms with E-state index < -0.39 is 0 Å². The number of hydrogen-bond donors (Lipinski definition) is 1. The zero-order valence-electron chi connectivity index (χ0n) is 12.3. The van der Waals surface area contributed by atoms with Crippen molar-refractivity contribution in [2.24, 2.45) is 0 Å².